The first-order valence-electron chi connectivity index (χ1n) is 20.7. The molecule has 12 atom stereocenters. The maximum absolute atomic E-state index is 13.3. The van der Waals surface area contributed by atoms with Gasteiger partial charge in [-0.15, -0.1) is 0 Å². The molecule has 10 heteroatoms. The average molecular weight is 723 g/mol. The zero-order valence-electron chi connectivity index (χ0n) is 32.9. The highest BCUT2D eigenvalue weighted by atomic mass is 19.3. The number of halogens is 2. The number of fused-ring (bicyclic) bond motifs is 4. The van der Waals surface area contributed by atoms with Gasteiger partial charge >= 0.3 is 0 Å². The highest BCUT2D eigenvalue weighted by Crippen LogP contribution is 2.87. The summed E-state index contributed by atoms with van der Waals surface area (Å²) in [6.45, 7) is 18.6. The van der Waals surface area contributed by atoms with E-state index in [1.54, 1.807) is 0 Å². The smallest absolute Gasteiger partial charge is 0.282 e. The molecular formula is C41H68F2N2O6. The van der Waals surface area contributed by atoms with Crippen LogP contribution in [0.5, 0.6) is 0 Å². The lowest BCUT2D eigenvalue weighted by molar-refractivity contribution is -0.245. The van der Waals surface area contributed by atoms with Crippen molar-refractivity contribution in [1.29, 1.82) is 0 Å². The van der Waals surface area contributed by atoms with Gasteiger partial charge in [-0.2, -0.15) is 0 Å². The van der Waals surface area contributed by atoms with Crippen LogP contribution in [0.15, 0.2) is 0 Å². The van der Waals surface area contributed by atoms with E-state index >= 15 is 0 Å². The number of aliphatic hydroxyl groups is 1. The van der Waals surface area contributed by atoms with E-state index in [1.807, 2.05) is 39.5 Å². The Balaban J connectivity index is 0.00000200. The van der Waals surface area contributed by atoms with E-state index in [1.165, 1.54) is 49.8 Å². The molecular weight excluding hydrogens is 654 g/mol. The predicted octanol–water partition coefficient (Wildman–Crippen LogP) is 6.92. The Morgan fingerprint density at radius 3 is 2.39 bits per heavy atom. The van der Waals surface area contributed by atoms with Crippen molar-refractivity contribution in [3.05, 3.63) is 0 Å². The number of rotatable bonds is 8. The van der Waals surface area contributed by atoms with Gasteiger partial charge in [0.1, 0.15) is 6.10 Å². The number of morpholine rings is 1. The van der Waals surface area contributed by atoms with Crippen LogP contribution in [0.3, 0.4) is 0 Å². The third-order valence-corrected chi connectivity index (χ3v) is 15.9. The minimum atomic E-state index is -2.74. The lowest BCUT2D eigenvalue weighted by Crippen LogP contribution is -2.61. The number of nitrogens with zero attached hydrogens (tertiary/aromatic N) is 2. The number of carbonyl (C=O) groups excluding carboxylic acids is 1. The fourth-order valence-corrected chi connectivity index (χ4v) is 13.7. The molecule has 8 rings (SSSR count). The van der Waals surface area contributed by atoms with Gasteiger partial charge in [-0.3, -0.25) is 9.69 Å². The van der Waals surface area contributed by atoms with Crippen molar-refractivity contribution in [1.82, 2.24) is 9.80 Å². The van der Waals surface area contributed by atoms with E-state index in [0.717, 1.165) is 25.2 Å². The van der Waals surface area contributed by atoms with Crippen molar-refractivity contribution in [3.63, 3.8) is 0 Å². The number of carbonyl (C=O) groups is 1. The van der Waals surface area contributed by atoms with Crippen molar-refractivity contribution in [2.45, 2.75) is 162 Å². The monoisotopic (exact) mass is 723 g/mol. The summed E-state index contributed by atoms with van der Waals surface area (Å²) in [5, 5.41) is 10.9. The van der Waals surface area contributed by atoms with E-state index < -0.39 is 30.9 Å². The largest absolute Gasteiger partial charge is 0.388 e. The Morgan fingerprint density at radius 2 is 1.71 bits per heavy atom. The van der Waals surface area contributed by atoms with Crippen LogP contribution in [-0.2, 0) is 23.7 Å². The van der Waals surface area contributed by atoms with Gasteiger partial charge < -0.3 is 29.0 Å². The maximum Gasteiger partial charge on any atom is 0.282 e. The summed E-state index contributed by atoms with van der Waals surface area (Å²) in [6, 6.07) is 0. The van der Waals surface area contributed by atoms with Crippen LogP contribution in [-0.4, -0.2) is 109 Å². The molecule has 0 aromatic rings. The molecule has 292 valence electrons. The Labute approximate surface area is 306 Å². The first-order chi connectivity index (χ1) is 24.0. The third kappa shape index (κ3) is 6.24. The van der Waals surface area contributed by atoms with Crippen molar-refractivity contribution in [2.75, 3.05) is 45.9 Å². The fourth-order valence-electron chi connectivity index (χ4n) is 13.7. The van der Waals surface area contributed by atoms with E-state index in [-0.39, 0.29) is 42.3 Å². The van der Waals surface area contributed by atoms with Gasteiger partial charge in [0.25, 0.3) is 5.92 Å². The summed E-state index contributed by atoms with van der Waals surface area (Å²) >= 11 is 0. The molecule has 2 spiro atoms. The highest BCUT2D eigenvalue weighted by Gasteiger charge is 2.80. The highest BCUT2D eigenvalue weighted by molar-refractivity contribution is 5.79. The molecule has 12 unspecified atom stereocenters. The van der Waals surface area contributed by atoms with Gasteiger partial charge in [-0.25, -0.2) is 8.78 Å². The van der Waals surface area contributed by atoms with Crippen molar-refractivity contribution < 1.29 is 37.6 Å². The van der Waals surface area contributed by atoms with E-state index in [0.29, 0.717) is 60.3 Å². The second kappa shape index (κ2) is 13.4. The molecule has 5 saturated carbocycles. The minimum absolute atomic E-state index is 0.0174. The Bertz CT molecular complexity index is 1280. The molecule has 1 N–H and O–H groups in total. The standard InChI is InChI=1S/C39H62F2N2O6.C2H6/c1-7-46-33(35(4,5)45)27-10-8-25-28(48-27)18-26-24-9-11-29-34(2,3)30(12-13-38(29)21-37(24,38)15-14-36(25,26)6)49-32-20-42(16-17-47-32)19-31(44)43-22-39(40,41)23-43;1-2/h24-30,32-33,45H,7-23H2,1-6H3;1-2H3. The quantitative estimate of drug-likeness (QED) is 0.292. The number of alkyl halides is 2. The van der Waals surface area contributed by atoms with Crippen LogP contribution in [0.25, 0.3) is 0 Å². The van der Waals surface area contributed by atoms with Crippen LogP contribution in [0.4, 0.5) is 8.78 Å². The summed E-state index contributed by atoms with van der Waals surface area (Å²) in [6.07, 6.45) is 11.7. The number of likely N-dealkylation sites (tertiary alicyclic amines) is 1. The number of ether oxygens (including phenoxy) is 4. The molecule has 0 aromatic heterocycles. The molecule has 8 fully saturated rings. The summed E-state index contributed by atoms with van der Waals surface area (Å²) < 4.78 is 52.6. The van der Waals surface area contributed by atoms with Gasteiger partial charge in [-0.1, -0.05) is 34.6 Å². The molecule has 3 aliphatic heterocycles. The molecule has 1 amide bonds. The van der Waals surface area contributed by atoms with Crippen LogP contribution >= 0.6 is 0 Å². The van der Waals surface area contributed by atoms with Gasteiger partial charge in [0.2, 0.25) is 5.91 Å². The predicted molar refractivity (Wildman–Crippen MR) is 191 cm³/mol. The molecule has 0 bridgehead atoms. The second-order valence-corrected chi connectivity index (χ2v) is 19.1. The molecule has 5 aliphatic carbocycles. The molecule has 8 nitrogen and oxygen atoms in total. The summed E-state index contributed by atoms with van der Waals surface area (Å²) in [4.78, 5) is 15.9. The van der Waals surface area contributed by atoms with Crippen LogP contribution < -0.4 is 0 Å². The van der Waals surface area contributed by atoms with Gasteiger partial charge in [-0.05, 0) is 130 Å². The van der Waals surface area contributed by atoms with Gasteiger partial charge in [0, 0.05) is 13.2 Å². The van der Waals surface area contributed by atoms with E-state index in [9.17, 15) is 18.7 Å². The topological polar surface area (TPSA) is 80.7 Å². The Kier molecular flexibility index (Phi) is 10.1. The Morgan fingerprint density at radius 1 is 0.980 bits per heavy atom. The zero-order valence-corrected chi connectivity index (χ0v) is 32.9. The first-order valence-corrected chi connectivity index (χ1v) is 20.7. The maximum atomic E-state index is 13.3. The van der Waals surface area contributed by atoms with Crippen LogP contribution in [0.2, 0.25) is 0 Å². The Hall–Kier alpha value is -0.910. The molecule has 0 radical (unpaired) electrons. The molecule has 51 heavy (non-hydrogen) atoms. The van der Waals surface area contributed by atoms with E-state index in [2.05, 4.69) is 20.8 Å². The number of amides is 1. The lowest BCUT2D eigenvalue weighted by Gasteiger charge is -2.60. The second-order valence-electron chi connectivity index (χ2n) is 19.1. The first kappa shape index (κ1) is 38.4. The van der Waals surface area contributed by atoms with Gasteiger partial charge in [0.05, 0.1) is 56.7 Å². The molecule has 3 saturated heterocycles. The van der Waals surface area contributed by atoms with Crippen molar-refractivity contribution in [3.8, 4) is 0 Å². The molecule has 0 aromatic carbocycles. The third-order valence-electron chi connectivity index (χ3n) is 15.9. The molecule has 3 heterocycles. The fraction of sp³-hybridized carbons (Fsp3) is 0.976. The summed E-state index contributed by atoms with van der Waals surface area (Å²) in [5.41, 5.74) is 0.269. The lowest BCUT2D eigenvalue weighted by atomic mass is 9.46. The van der Waals surface area contributed by atoms with Crippen LogP contribution in [0, 0.1) is 45.3 Å². The summed E-state index contributed by atoms with van der Waals surface area (Å²) in [7, 11) is 0. The van der Waals surface area contributed by atoms with Crippen molar-refractivity contribution in [2.24, 2.45) is 45.3 Å². The van der Waals surface area contributed by atoms with Gasteiger partial charge in [0.15, 0.2) is 6.29 Å². The van der Waals surface area contributed by atoms with Crippen molar-refractivity contribution >= 4 is 5.91 Å². The normalized spacial score (nSPS) is 45.7. The number of hydrogen-bond donors (Lipinski definition) is 1. The minimum Gasteiger partial charge on any atom is -0.388 e. The molecule has 8 aliphatic rings. The zero-order chi connectivity index (χ0) is 36.8. The van der Waals surface area contributed by atoms with E-state index in [4.69, 9.17) is 18.9 Å². The van der Waals surface area contributed by atoms with Crippen LogP contribution in [0.1, 0.15) is 120 Å². The SMILES string of the molecule is CC.CCOC(C1CCC2C(CC3C4CCC5C(C)(C)C(OC6CN(CC(=O)N7CC(F)(F)C7)CCO6)CCC56CC46CCC23C)O1)C(C)(C)O. The number of hydrogen-bond acceptors (Lipinski definition) is 7. The average Bonchev–Trinajstić information content (AvgIpc) is 3.64. The summed E-state index contributed by atoms with van der Waals surface area (Å²) in [5.74, 6) is -0.293.